The third kappa shape index (κ3) is 2.85. The molecule has 0 aliphatic carbocycles. The fourth-order valence-corrected chi connectivity index (χ4v) is 1.95. The van der Waals surface area contributed by atoms with Crippen molar-refractivity contribution in [2.75, 3.05) is 0 Å². The van der Waals surface area contributed by atoms with E-state index in [9.17, 15) is 5.11 Å². The molecule has 4 heteroatoms. The van der Waals surface area contributed by atoms with Gasteiger partial charge >= 0.3 is 0 Å². The van der Waals surface area contributed by atoms with E-state index < -0.39 is 6.10 Å². The molecule has 0 spiro atoms. The standard InChI is InChI=1S/C10H13Cl2NO/c1-6(13)5-9(14)10-7(11)3-2-4-8(10)12/h2-4,6,9,14H,5,13H2,1H3. The number of aliphatic hydroxyl groups excluding tert-OH is 1. The Morgan fingerprint density at radius 2 is 1.86 bits per heavy atom. The van der Waals surface area contributed by atoms with Gasteiger partial charge in [-0.15, -0.1) is 0 Å². The minimum absolute atomic E-state index is 0.0858. The van der Waals surface area contributed by atoms with Crippen molar-refractivity contribution in [1.82, 2.24) is 0 Å². The van der Waals surface area contributed by atoms with Crippen LogP contribution >= 0.6 is 23.2 Å². The summed E-state index contributed by atoms with van der Waals surface area (Å²) < 4.78 is 0. The van der Waals surface area contributed by atoms with Gasteiger partial charge in [0.05, 0.1) is 6.10 Å². The molecule has 14 heavy (non-hydrogen) atoms. The Labute approximate surface area is 93.6 Å². The maximum atomic E-state index is 9.80. The van der Waals surface area contributed by atoms with Crippen LogP contribution in [0.4, 0.5) is 0 Å². The molecule has 2 unspecified atom stereocenters. The molecule has 0 heterocycles. The van der Waals surface area contributed by atoms with Crippen LogP contribution in [0, 0.1) is 0 Å². The summed E-state index contributed by atoms with van der Waals surface area (Å²) in [5.41, 5.74) is 6.15. The van der Waals surface area contributed by atoms with Crippen molar-refractivity contribution < 1.29 is 5.11 Å². The van der Waals surface area contributed by atoms with Crippen LogP contribution in [0.3, 0.4) is 0 Å². The van der Waals surface area contributed by atoms with Crippen LogP contribution in [0.25, 0.3) is 0 Å². The van der Waals surface area contributed by atoms with Gasteiger partial charge in [-0.05, 0) is 25.5 Å². The maximum Gasteiger partial charge on any atom is 0.0833 e. The van der Waals surface area contributed by atoms with Gasteiger partial charge in [-0.3, -0.25) is 0 Å². The first-order chi connectivity index (χ1) is 6.52. The van der Waals surface area contributed by atoms with Gasteiger partial charge in [0.2, 0.25) is 0 Å². The molecule has 3 N–H and O–H groups in total. The van der Waals surface area contributed by atoms with Crippen LogP contribution in [-0.4, -0.2) is 11.1 Å². The zero-order valence-corrected chi connectivity index (χ0v) is 9.39. The first-order valence-corrected chi connectivity index (χ1v) is 5.15. The van der Waals surface area contributed by atoms with E-state index in [1.54, 1.807) is 18.2 Å². The quantitative estimate of drug-likeness (QED) is 0.844. The zero-order valence-electron chi connectivity index (χ0n) is 7.87. The number of hydrogen-bond donors (Lipinski definition) is 2. The lowest BCUT2D eigenvalue weighted by Gasteiger charge is -2.16. The van der Waals surface area contributed by atoms with Crippen molar-refractivity contribution in [1.29, 1.82) is 0 Å². The van der Waals surface area contributed by atoms with Crippen molar-refractivity contribution in [2.24, 2.45) is 5.73 Å². The van der Waals surface area contributed by atoms with Gasteiger partial charge in [0, 0.05) is 21.7 Å². The molecule has 0 amide bonds. The minimum Gasteiger partial charge on any atom is -0.388 e. The minimum atomic E-state index is -0.698. The molecule has 1 aromatic carbocycles. The molecule has 2 nitrogen and oxygen atoms in total. The molecule has 0 saturated carbocycles. The highest BCUT2D eigenvalue weighted by atomic mass is 35.5. The number of halogens is 2. The van der Waals surface area contributed by atoms with Crippen molar-refractivity contribution >= 4 is 23.2 Å². The summed E-state index contributed by atoms with van der Waals surface area (Å²) in [5, 5.41) is 10.8. The van der Waals surface area contributed by atoms with E-state index in [-0.39, 0.29) is 6.04 Å². The summed E-state index contributed by atoms with van der Waals surface area (Å²) in [6, 6.07) is 5.06. The molecule has 78 valence electrons. The van der Waals surface area contributed by atoms with Crippen LogP contribution in [-0.2, 0) is 0 Å². The summed E-state index contributed by atoms with van der Waals surface area (Å²) >= 11 is 11.8. The predicted molar refractivity (Wildman–Crippen MR) is 59.7 cm³/mol. The fourth-order valence-electron chi connectivity index (χ4n) is 1.30. The third-order valence-electron chi connectivity index (χ3n) is 1.93. The maximum absolute atomic E-state index is 9.80. The number of benzene rings is 1. The smallest absolute Gasteiger partial charge is 0.0833 e. The summed E-state index contributed by atoms with van der Waals surface area (Å²) in [6.45, 7) is 1.83. The Morgan fingerprint density at radius 1 is 1.36 bits per heavy atom. The molecule has 0 saturated heterocycles. The molecule has 1 aromatic rings. The fraction of sp³-hybridized carbons (Fsp3) is 0.400. The molecule has 0 aliphatic rings. The monoisotopic (exact) mass is 233 g/mol. The second-order valence-electron chi connectivity index (χ2n) is 3.36. The third-order valence-corrected chi connectivity index (χ3v) is 2.59. The van der Waals surface area contributed by atoms with Gasteiger partial charge in [-0.25, -0.2) is 0 Å². The van der Waals surface area contributed by atoms with E-state index >= 15 is 0 Å². The highest BCUT2D eigenvalue weighted by Gasteiger charge is 2.16. The average molecular weight is 234 g/mol. The van der Waals surface area contributed by atoms with Crippen LogP contribution in [0.15, 0.2) is 18.2 Å². The first-order valence-electron chi connectivity index (χ1n) is 4.40. The molecule has 0 fully saturated rings. The van der Waals surface area contributed by atoms with Crippen LogP contribution < -0.4 is 5.73 Å². The largest absolute Gasteiger partial charge is 0.388 e. The Balaban J connectivity index is 2.94. The topological polar surface area (TPSA) is 46.2 Å². The molecule has 2 atom stereocenters. The summed E-state index contributed by atoms with van der Waals surface area (Å²) in [5.74, 6) is 0. The molecule has 0 aromatic heterocycles. The molecule has 0 radical (unpaired) electrons. The number of nitrogens with two attached hydrogens (primary N) is 1. The average Bonchev–Trinajstić information content (AvgIpc) is 2.01. The normalized spacial score (nSPS) is 15.2. The van der Waals surface area contributed by atoms with Crippen molar-refractivity contribution in [3.8, 4) is 0 Å². The number of rotatable bonds is 3. The van der Waals surface area contributed by atoms with E-state index in [4.69, 9.17) is 28.9 Å². The van der Waals surface area contributed by atoms with Gasteiger partial charge in [-0.1, -0.05) is 29.3 Å². The van der Waals surface area contributed by atoms with E-state index in [2.05, 4.69) is 0 Å². The predicted octanol–water partition coefficient (Wildman–Crippen LogP) is 2.76. The Hall–Kier alpha value is -0.280. The lowest BCUT2D eigenvalue weighted by atomic mass is 10.0. The van der Waals surface area contributed by atoms with Gasteiger partial charge in [-0.2, -0.15) is 0 Å². The highest BCUT2D eigenvalue weighted by molar-refractivity contribution is 6.36. The van der Waals surface area contributed by atoms with Gasteiger partial charge in [0.15, 0.2) is 0 Å². The van der Waals surface area contributed by atoms with Gasteiger partial charge in [0.1, 0.15) is 0 Å². The SMILES string of the molecule is CC(N)CC(O)c1c(Cl)cccc1Cl. The van der Waals surface area contributed by atoms with Crippen molar-refractivity contribution in [3.05, 3.63) is 33.8 Å². The lowest BCUT2D eigenvalue weighted by Crippen LogP contribution is -2.18. The van der Waals surface area contributed by atoms with Crippen molar-refractivity contribution in [3.63, 3.8) is 0 Å². The number of aliphatic hydroxyl groups is 1. The zero-order chi connectivity index (χ0) is 10.7. The first kappa shape index (κ1) is 11.8. The van der Waals surface area contributed by atoms with E-state index in [0.717, 1.165) is 0 Å². The molecular formula is C10H13Cl2NO. The Morgan fingerprint density at radius 3 is 2.29 bits per heavy atom. The van der Waals surface area contributed by atoms with Crippen LogP contribution in [0.2, 0.25) is 10.0 Å². The van der Waals surface area contributed by atoms with Crippen LogP contribution in [0.1, 0.15) is 25.0 Å². The molecule has 0 bridgehead atoms. The molecule has 0 aliphatic heterocycles. The van der Waals surface area contributed by atoms with Crippen molar-refractivity contribution in [2.45, 2.75) is 25.5 Å². The van der Waals surface area contributed by atoms with Crippen LogP contribution in [0.5, 0.6) is 0 Å². The molecular weight excluding hydrogens is 221 g/mol. The van der Waals surface area contributed by atoms with E-state index in [1.807, 2.05) is 6.92 Å². The lowest BCUT2D eigenvalue weighted by molar-refractivity contribution is 0.160. The Kier molecular flexibility index (Phi) is 4.20. The van der Waals surface area contributed by atoms with Gasteiger partial charge in [0.25, 0.3) is 0 Å². The second kappa shape index (κ2) is 4.99. The summed E-state index contributed by atoms with van der Waals surface area (Å²) in [4.78, 5) is 0. The van der Waals surface area contributed by atoms with Gasteiger partial charge < -0.3 is 10.8 Å². The summed E-state index contributed by atoms with van der Waals surface area (Å²) in [6.07, 6.45) is -0.250. The Bertz CT molecular complexity index is 295. The highest BCUT2D eigenvalue weighted by Crippen LogP contribution is 2.32. The van der Waals surface area contributed by atoms with E-state index in [1.165, 1.54) is 0 Å². The van der Waals surface area contributed by atoms with E-state index in [0.29, 0.717) is 22.0 Å². The summed E-state index contributed by atoms with van der Waals surface area (Å²) in [7, 11) is 0. The number of hydrogen-bond acceptors (Lipinski definition) is 2. The second-order valence-corrected chi connectivity index (χ2v) is 4.18. The molecule has 1 rings (SSSR count).